The number of urea groups is 1. The van der Waals surface area contributed by atoms with Gasteiger partial charge in [-0.1, -0.05) is 24.3 Å². The van der Waals surface area contributed by atoms with E-state index in [1.807, 2.05) is 25.1 Å². The highest BCUT2D eigenvalue weighted by Crippen LogP contribution is 2.13. The third kappa shape index (κ3) is 5.27. The molecule has 132 valence electrons. The zero-order chi connectivity index (χ0) is 17.5. The number of pyridine rings is 1. The van der Waals surface area contributed by atoms with Crippen molar-refractivity contribution < 1.29 is 9.53 Å². The Labute approximate surface area is 148 Å². The van der Waals surface area contributed by atoms with Gasteiger partial charge in [-0.2, -0.15) is 0 Å². The summed E-state index contributed by atoms with van der Waals surface area (Å²) in [6.07, 6.45) is 1.68. The Morgan fingerprint density at radius 2 is 1.96 bits per heavy atom. The largest absolute Gasteiger partial charge is 0.379 e. The third-order valence-electron chi connectivity index (χ3n) is 4.21. The molecule has 0 unspecified atom stereocenters. The molecule has 0 radical (unpaired) electrons. The molecule has 0 aliphatic carbocycles. The van der Waals surface area contributed by atoms with E-state index in [1.165, 1.54) is 5.56 Å². The molecule has 0 saturated carbocycles. The molecule has 0 bridgehead atoms. The second-order valence-corrected chi connectivity index (χ2v) is 6.15. The van der Waals surface area contributed by atoms with Crippen LogP contribution in [-0.4, -0.2) is 42.2 Å². The summed E-state index contributed by atoms with van der Waals surface area (Å²) in [6, 6.07) is 11.6. The predicted molar refractivity (Wildman–Crippen MR) is 97.4 cm³/mol. The van der Waals surface area contributed by atoms with Crippen LogP contribution < -0.4 is 10.6 Å². The summed E-state index contributed by atoms with van der Waals surface area (Å²) in [5.41, 5.74) is 3.99. The van der Waals surface area contributed by atoms with E-state index in [1.54, 1.807) is 12.3 Å². The van der Waals surface area contributed by atoms with E-state index in [9.17, 15) is 4.79 Å². The Bertz CT molecular complexity index is 714. The van der Waals surface area contributed by atoms with E-state index < -0.39 is 0 Å². The molecule has 25 heavy (non-hydrogen) atoms. The number of aromatic nitrogens is 1. The van der Waals surface area contributed by atoms with E-state index >= 15 is 0 Å². The normalized spacial score (nSPS) is 14.9. The first kappa shape index (κ1) is 17.4. The van der Waals surface area contributed by atoms with Crippen molar-refractivity contribution in [2.75, 3.05) is 31.6 Å². The van der Waals surface area contributed by atoms with Crippen LogP contribution in [0.2, 0.25) is 0 Å². The summed E-state index contributed by atoms with van der Waals surface area (Å²) in [6.45, 7) is 6.74. The molecular formula is C19H24N4O2. The van der Waals surface area contributed by atoms with Crippen molar-refractivity contribution in [2.45, 2.75) is 20.0 Å². The number of carbonyl (C=O) groups is 1. The van der Waals surface area contributed by atoms with Gasteiger partial charge in [-0.15, -0.1) is 0 Å². The van der Waals surface area contributed by atoms with Crippen LogP contribution in [0.15, 0.2) is 42.6 Å². The van der Waals surface area contributed by atoms with Gasteiger partial charge >= 0.3 is 6.03 Å². The average molecular weight is 340 g/mol. The first-order valence-electron chi connectivity index (χ1n) is 8.55. The van der Waals surface area contributed by atoms with Crippen LogP contribution in [-0.2, 0) is 17.8 Å². The molecule has 1 aromatic carbocycles. The maximum absolute atomic E-state index is 12.1. The Kier molecular flexibility index (Phi) is 5.98. The Morgan fingerprint density at radius 3 is 2.72 bits per heavy atom. The molecule has 2 amide bonds. The van der Waals surface area contributed by atoms with Gasteiger partial charge in [0.05, 0.1) is 13.2 Å². The van der Waals surface area contributed by atoms with Crippen LogP contribution in [0, 0.1) is 6.92 Å². The standard InChI is InChI=1S/C19H24N4O2/c1-15-12-18(6-7-20-15)22-19(24)21-13-16-4-2-3-5-17(16)14-23-8-10-25-11-9-23/h2-7,12H,8-11,13-14H2,1H3,(H2,20,21,22,24). The first-order valence-corrected chi connectivity index (χ1v) is 8.55. The topological polar surface area (TPSA) is 66.5 Å². The molecule has 1 fully saturated rings. The van der Waals surface area contributed by atoms with Gasteiger partial charge in [-0.05, 0) is 30.2 Å². The minimum atomic E-state index is -0.216. The molecule has 0 atom stereocenters. The molecule has 2 aromatic rings. The molecule has 0 spiro atoms. The highest BCUT2D eigenvalue weighted by atomic mass is 16.5. The highest BCUT2D eigenvalue weighted by molar-refractivity contribution is 5.89. The molecule has 6 nitrogen and oxygen atoms in total. The summed E-state index contributed by atoms with van der Waals surface area (Å²) in [5, 5.41) is 5.77. The van der Waals surface area contributed by atoms with Gasteiger partial charge in [-0.3, -0.25) is 9.88 Å². The molecular weight excluding hydrogens is 316 g/mol. The number of nitrogens with zero attached hydrogens (tertiary/aromatic N) is 2. The van der Waals surface area contributed by atoms with E-state index in [-0.39, 0.29) is 6.03 Å². The van der Waals surface area contributed by atoms with Gasteiger partial charge in [0.25, 0.3) is 0 Å². The number of nitrogens with one attached hydrogen (secondary N) is 2. The van der Waals surface area contributed by atoms with Gasteiger partial charge in [0.1, 0.15) is 0 Å². The number of rotatable bonds is 5. The van der Waals surface area contributed by atoms with E-state index in [2.05, 4.69) is 32.7 Å². The Morgan fingerprint density at radius 1 is 1.20 bits per heavy atom. The lowest BCUT2D eigenvalue weighted by molar-refractivity contribution is 0.0341. The van der Waals surface area contributed by atoms with Crippen LogP contribution >= 0.6 is 0 Å². The Hall–Kier alpha value is -2.44. The lowest BCUT2D eigenvalue weighted by Gasteiger charge is -2.27. The second-order valence-electron chi connectivity index (χ2n) is 6.15. The van der Waals surface area contributed by atoms with E-state index in [4.69, 9.17) is 4.74 Å². The Balaban J connectivity index is 1.56. The monoisotopic (exact) mass is 340 g/mol. The van der Waals surface area contributed by atoms with Gasteiger partial charge in [-0.25, -0.2) is 4.79 Å². The minimum absolute atomic E-state index is 0.216. The summed E-state index contributed by atoms with van der Waals surface area (Å²) in [4.78, 5) is 18.6. The molecule has 3 rings (SSSR count). The number of hydrogen-bond acceptors (Lipinski definition) is 4. The number of amides is 2. The smallest absolute Gasteiger partial charge is 0.319 e. The van der Waals surface area contributed by atoms with Crippen molar-refractivity contribution >= 4 is 11.7 Å². The SMILES string of the molecule is Cc1cc(NC(=O)NCc2ccccc2CN2CCOCC2)ccn1. The zero-order valence-corrected chi connectivity index (χ0v) is 14.5. The average Bonchev–Trinajstić information content (AvgIpc) is 2.62. The quantitative estimate of drug-likeness (QED) is 0.878. The minimum Gasteiger partial charge on any atom is -0.379 e. The van der Waals surface area contributed by atoms with Crippen molar-refractivity contribution in [2.24, 2.45) is 0 Å². The van der Waals surface area contributed by atoms with Crippen molar-refractivity contribution in [3.8, 4) is 0 Å². The van der Waals surface area contributed by atoms with Crippen LogP contribution in [0.4, 0.5) is 10.5 Å². The number of benzene rings is 1. The number of morpholine rings is 1. The van der Waals surface area contributed by atoms with Crippen LogP contribution in [0.5, 0.6) is 0 Å². The zero-order valence-electron chi connectivity index (χ0n) is 14.5. The molecule has 2 N–H and O–H groups in total. The van der Waals surface area contributed by atoms with Crippen molar-refractivity contribution in [3.05, 3.63) is 59.4 Å². The maximum Gasteiger partial charge on any atom is 0.319 e. The fraction of sp³-hybridized carbons (Fsp3) is 0.368. The number of hydrogen-bond donors (Lipinski definition) is 2. The number of carbonyl (C=O) groups excluding carboxylic acids is 1. The summed E-state index contributed by atoms with van der Waals surface area (Å²) < 4.78 is 5.40. The van der Waals surface area contributed by atoms with Crippen molar-refractivity contribution in [1.82, 2.24) is 15.2 Å². The second kappa shape index (κ2) is 8.60. The summed E-state index contributed by atoms with van der Waals surface area (Å²) >= 11 is 0. The van der Waals surface area contributed by atoms with Crippen LogP contribution in [0.1, 0.15) is 16.8 Å². The van der Waals surface area contributed by atoms with Gasteiger partial charge in [0, 0.05) is 43.8 Å². The van der Waals surface area contributed by atoms with Gasteiger partial charge < -0.3 is 15.4 Å². The van der Waals surface area contributed by atoms with E-state index in [0.717, 1.165) is 49.8 Å². The molecule has 6 heteroatoms. The van der Waals surface area contributed by atoms with E-state index in [0.29, 0.717) is 6.54 Å². The molecule has 1 aromatic heterocycles. The number of anilines is 1. The molecule has 1 aliphatic heterocycles. The lowest BCUT2D eigenvalue weighted by Crippen LogP contribution is -2.36. The van der Waals surface area contributed by atoms with Crippen LogP contribution in [0.3, 0.4) is 0 Å². The fourth-order valence-electron chi connectivity index (χ4n) is 2.86. The van der Waals surface area contributed by atoms with Gasteiger partial charge in [0.2, 0.25) is 0 Å². The number of ether oxygens (including phenoxy) is 1. The van der Waals surface area contributed by atoms with Gasteiger partial charge in [0.15, 0.2) is 0 Å². The maximum atomic E-state index is 12.1. The van der Waals surface area contributed by atoms with Crippen molar-refractivity contribution in [1.29, 1.82) is 0 Å². The highest BCUT2D eigenvalue weighted by Gasteiger charge is 2.13. The summed E-state index contributed by atoms with van der Waals surface area (Å²) in [7, 11) is 0. The molecule has 2 heterocycles. The molecule has 1 saturated heterocycles. The summed E-state index contributed by atoms with van der Waals surface area (Å²) in [5.74, 6) is 0. The fourth-order valence-corrected chi connectivity index (χ4v) is 2.86. The first-order chi connectivity index (χ1) is 12.2. The molecule has 1 aliphatic rings. The number of aryl methyl sites for hydroxylation is 1. The van der Waals surface area contributed by atoms with Crippen molar-refractivity contribution in [3.63, 3.8) is 0 Å². The predicted octanol–water partition coefficient (Wildman–Crippen LogP) is 2.54. The lowest BCUT2D eigenvalue weighted by atomic mass is 10.1. The van der Waals surface area contributed by atoms with Crippen LogP contribution in [0.25, 0.3) is 0 Å². The third-order valence-corrected chi connectivity index (χ3v) is 4.21.